The van der Waals surface area contributed by atoms with Gasteiger partial charge in [-0.3, -0.25) is 9.59 Å². The quantitative estimate of drug-likeness (QED) is 0.463. The van der Waals surface area contributed by atoms with E-state index < -0.39 is 23.6 Å². The molecule has 0 saturated carbocycles. The zero-order valence-electron chi connectivity index (χ0n) is 15.8. The van der Waals surface area contributed by atoms with E-state index in [0.717, 1.165) is 15.8 Å². The van der Waals surface area contributed by atoms with Gasteiger partial charge in [-0.2, -0.15) is 13.2 Å². The molecule has 1 amide bonds. The van der Waals surface area contributed by atoms with Gasteiger partial charge in [0.15, 0.2) is 6.61 Å². The summed E-state index contributed by atoms with van der Waals surface area (Å²) in [5.41, 5.74) is -0.179. The van der Waals surface area contributed by atoms with Crippen molar-refractivity contribution in [2.24, 2.45) is 5.92 Å². The maximum Gasteiger partial charge on any atom is 0.417 e. The van der Waals surface area contributed by atoms with Gasteiger partial charge in [0.2, 0.25) is 0 Å². The predicted molar refractivity (Wildman–Crippen MR) is 113 cm³/mol. The van der Waals surface area contributed by atoms with Gasteiger partial charge in [0.1, 0.15) is 5.82 Å². The molecule has 1 N–H and O–H groups in total. The molecule has 10 heteroatoms. The van der Waals surface area contributed by atoms with Crippen LogP contribution < -0.4 is 10.2 Å². The molecule has 1 aliphatic rings. The number of carbonyl (C=O) groups is 2. The van der Waals surface area contributed by atoms with Crippen LogP contribution in [0.15, 0.2) is 42.6 Å². The predicted octanol–water partition coefficient (Wildman–Crippen LogP) is 4.10. The third kappa shape index (κ3) is 6.07. The monoisotopic (exact) mass is 533 g/mol. The molecule has 1 aliphatic heterocycles. The molecule has 1 aromatic heterocycles. The van der Waals surface area contributed by atoms with E-state index >= 15 is 0 Å². The van der Waals surface area contributed by atoms with Gasteiger partial charge in [-0.15, -0.1) is 0 Å². The van der Waals surface area contributed by atoms with Crippen molar-refractivity contribution < 1.29 is 27.5 Å². The van der Waals surface area contributed by atoms with Crippen molar-refractivity contribution in [2.75, 3.05) is 29.9 Å². The number of nitrogens with zero attached hydrogens (tertiary/aromatic N) is 2. The Labute approximate surface area is 184 Å². The SMILES string of the molecule is O=C(COC(=O)C1CCN(c2ccc(C(F)(F)F)cn2)CC1)Nc1ccc(I)cc1. The van der Waals surface area contributed by atoms with Crippen molar-refractivity contribution in [1.29, 1.82) is 0 Å². The lowest BCUT2D eigenvalue weighted by Gasteiger charge is -2.31. The summed E-state index contributed by atoms with van der Waals surface area (Å²) < 4.78 is 44.1. The minimum atomic E-state index is -4.42. The van der Waals surface area contributed by atoms with Gasteiger partial charge in [-0.05, 0) is 71.8 Å². The molecular weight excluding hydrogens is 514 g/mol. The first kappa shape index (κ1) is 22.3. The smallest absolute Gasteiger partial charge is 0.417 e. The molecule has 1 aromatic carbocycles. The first-order valence-corrected chi connectivity index (χ1v) is 10.3. The van der Waals surface area contributed by atoms with E-state index in [1.165, 1.54) is 6.07 Å². The standard InChI is InChI=1S/C20H19F3IN3O3/c21-20(22,23)14-1-6-17(25-11-14)27-9-7-13(8-10-27)19(29)30-12-18(28)26-16-4-2-15(24)3-5-16/h1-6,11,13H,7-10,12H2,(H,26,28). The number of hydrogen-bond donors (Lipinski definition) is 1. The Balaban J connectivity index is 1.43. The highest BCUT2D eigenvalue weighted by Crippen LogP contribution is 2.30. The van der Waals surface area contributed by atoms with Crippen molar-refractivity contribution >= 4 is 46.0 Å². The van der Waals surface area contributed by atoms with Gasteiger partial charge >= 0.3 is 12.1 Å². The van der Waals surface area contributed by atoms with Gasteiger partial charge in [-0.1, -0.05) is 0 Å². The maximum absolute atomic E-state index is 12.6. The highest BCUT2D eigenvalue weighted by molar-refractivity contribution is 14.1. The Kier molecular flexibility index (Phi) is 7.16. The van der Waals surface area contributed by atoms with Crippen LogP contribution in [-0.2, 0) is 20.5 Å². The first-order valence-electron chi connectivity index (χ1n) is 9.22. The lowest BCUT2D eigenvalue weighted by molar-refractivity contribution is -0.152. The molecular formula is C20H19F3IN3O3. The van der Waals surface area contributed by atoms with Crippen molar-refractivity contribution in [1.82, 2.24) is 4.98 Å². The largest absolute Gasteiger partial charge is 0.455 e. The van der Waals surface area contributed by atoms with Crippen molar-refractivity contribution in [2.45, 2.75) is 19.0 Å². The molecule has 0 spiro atoms. The van der Waals surface area contributed by atoms with Crippen LogP contribution in [0.2, 0.25) is 0 Å². The molecule has 0 radical (unpaired) electrons. The van der Waals surface area contributed by atoms with Gasteiger partial charge in [0, 0.05) is 28.5 Å². The molecule has 2 heterocycles. The number of nitrogens with one attached hydrogen (secondary N) is 1. The molecule has 30 heavy (non-hydrogen) atoms. The van der Waals surface area contributed by atoms with E-state index in [1.807, 2.05) is 17.0 Å². The van der Waals surface area contributed by atoms with Crippen LogP contribution in [0.1, 0.15) is 18.4 Å². The van der Waals surface area contributed by atoms with E-state index in [2.05, 4.69) is 32.9 Å². The number of benzene rings is 1. The van der Waals surface area contributed by atoms with Crippen molar-refractivity contribution in [3.63, 3.8) is 0 Å². The number of rotatable bonds is 5. The Bertz CT molecular complexity index is 881. The number of aromatic nitrogens is 1. The van der Waals surface area contributed by atoms with E-state index in [1.54, 1.807) is 12.1 Å². The van der Waals surface area contributed by atoms with Gasteiger partial charge in [0.25, 0.3) is 5.91 Å². The molecule has 0 aliphatic carbocycles. The number of ether oxygens (including phenoxy) is 1. The fourth-order valence-corrected chi connectivity index (χ4v) is 3.43. The number of esters is 1. The number of carbonyl (C=O) groups excluding carboxylic acids is 2. The molecule has 1 fully saturated rings. The van der Waals surface area contributed by atoms with Crippen LogP contribution >= 0.6 is 22.6 Å². The zero-order valence-corrected chi connectivity index (χ0v) is 17.9. The van der Waals surface area contributed by atoms with E-state index in [4.69, 9.17) is 4.74 Å². The Morgan fingerprint density at radius 1 is 1.13 bits per heavy atom. The fourth-order valence-electron chi connectivity index (χ4n) is 3.07. The van der Waals surface area contributed by atoms with E-state index in [9.17, 15) is 22.8 Å². The summed E-state index contributed by atoms with van der Waals surface area (Å²) in [5.74, 6) is -0.794. The number of piperidine rings is 1. The highest BCUT2D eigenvalue weighted by atomic mass is 127. The van der Waals surface area contributed by atoms with Crippen molar-refractivity contribution in [3.05, 3.63) is 51.7 Å². The number of halogens is 4. The second-order valence-corrected chi connectivity index (χ2v) is 8.07. The molecule has 0 bridgehead atoms. The molecule has 160 valence electrons. The average Bonchev–Trinajstić information content (AvgIpc) is 2.73. The third-order valence-corrected chi connectivity index (χ3v) is 5.42. The molecule has 0 unspecified atom stereocenters. The molecule has 6 nitrogen and oxygen atoms in total. The summed E-state index contributed by atoms with van der Waals surface area (Å²) in [6.45, 7) is 0.561. The minimum Gasteiger partial charge on any atom is -0.455 e. The summed E-state index contributed by atoms with van der Waals surface area (Å²) in [4.78, 5) is 29.9. The number of anilines is 2. The van der Waals surface area contributed by atoms with Crippen LogP contribution in [0, 0.1) is 9.49 Å². The molecule has 3 rings (SSSR count). The summed E-state index contributed by atoms with van der Waals surface area (Å²) in [5, 5.41) is 2.66. The van der Waals surface area contributed by atoms with Gasteiger partial charge in [0.05, 0.1) is 11.5 Å². The summed E-state index contributed by atoms with van der Waals surface area (Å²) >= 11 is 2.16. The summed E-state index contributed by atoms with van der Waals surface area (Å²) in [7, 11) is 0. The highest BCUT2D eigenvalue weighted by Gasteiger charge is 2.31. The maximum atomic E-state index is 12.6. The second kappa shape index (κ2) is 9.63. The molecule has 1 saturated heterocycles. The van der Waals surface area contributed by atoms with Crippen molar-refractivity contribution in [3.8, 4) is 0 Å². The second-order valence-electron chi connectivity index (χ2n) is 6.83. The average molecular weight is 533 g/mol. The number of alkyl halides is 3. The molecule has 0 atom stereocenters. The Morgan fingerprint density at radius 3 is 2.37 bits per heavy atom. The van der Waals surface area contributed by atoms with Crippen LogP contribution in [0.25, 0.3) is 0 Å². The third-order valence-electron chi connectivity index (χ3n) is 4.70. The zero-order chi connectivity index (χ0) is 21.7. The van der Waals surface area contributed by atoms with Crippen LogP contribution in [0.3, 0.4) is 0 Å². The summed E-state index contributed by atoms with van der Waals surface area (Å²) in [6, 6.07) is 9.54. The van der Waals surface area contributed by atoms with Gasteiger partial charge in [-0.25, -0.2) is 4.98 Å². The lowest BCUT2D eigenvalue weighted by Crippen LogP contribution is -2.38. The Hall–Kier alpha value is -2.37. The van der Waals surface area contributed by atoms with Crippen LogP contribution in [0.4, 0.5) is 24.7 Å². The normalized spacial score (nSPS) is 15.0. The minimum absolute atomic E-state index is 0.359. The number of hydrogen-bond acceptors (Lipinski definition) is 5. The lowest BCUT2D eigenvalue weighted by atomic mass is 9.97. The van der Waals surface area contributed by atoms with E-state index in [0.29, 0.717) is 37.4 Å². The Morgan fingerprint density at radius 2 is 1.80 bits per heavy atom. The topological polar surface area (TPSA) is 71.5 Å². The van der Waals surface area contributed by atoms with Gasteiger partial charge < -0.3 is 15.0 Å². The fraction of sp³-hybridized carbons (Fsp3) is 0.350. The van der Waals surface area contributed by atoms with Crippen LogP contribution in [-0.4, -0.2) is 36.6 Å². The van der Waals surface area contributed by atoms with E-state index in [-0.39, 0.29) is 12.5 Å². The summed E-state index contributed by atoms with van der Waals surface area (Å²) in [6.07, 6.45) is -2.67. The first-order chi connectivity index (χ1) is 14.2. The van der Waals surface area contributed by atoms with Crippen LogP contribution in [0.5, 0.6) is 0 Å². The number of pyridine rings is 1. The molecule has 2 aromatic rings. The number of amides is 1.